The van der Waals surface area contributed by atoms with E-state index in [9.17, 15) is 9.59 Å². The van der Waals surface area contributed by atoms with Crippen molar-refractivity contribution in [3.63, 3.8) is 0 Å². The van der Waals surface area contributed by atoms with Crippen LogP contribution in [0.3, 0.4) is 0 Å². The van der Waals surface area contributed by atoms with Crippen molar-refractivity contribution in [2.24, 2.45) is 0 Å². The number of fused-ring (bicyclic) bond motifs is 1. The van der Waals surface area contributed by atoms with Crippen molar-refractivity contribution >= 4 is 23.4 Å². The molecule has 0 amide bonds. The zero-order chi connectivity index (χ0) is 16.9. The summed E-state index contributed by atoms with van der Waals surface area (Å²) in [7, 11) is 0. The first-order valence-electron chi connectivity index (χ1n) is 7.49. The van der Waals surface area contributed by atoms with Crippen molar-refractivity contribution in [1.29, 1.82) is 0 Å². The second-order valence-corrected chi connectivity index (χ2v) is 5.65. The molecule has 0 aliphatic carbocycles. The van der Waals surface area contributed by atoms with Crippen LogP contribution in [0.1, 0.15) is 27.1 Å². The summed E-state index contributed by atoms with van der Waals surface area (Å²) in [4.78, 5) is 24.1. The number of benzene rings is 2. The quantitative estimate of drug-likeness (QED) is 0.626. The van der Waals surface area contributed by atoms with Crippen LogP contribution in [0, 0.1) is 0 Å². The van der Waals surface area contributed by atoms with Crippen molar-refractivity contribution in [2.45, 2.75) is 6.42 Å². The first-order valence-corrected chi connectivity index (χ1v) is 7.87. The maximum Gasteiger partial charge on any atom is 0.338 e. The Bertz CT molecular complexity index is 755. The number of esters is 1. The molecule has 3 rings (SSSR count). The summed E-state index contributed by atoms with van der Waals surface area (Å²) in [6.07, 6.45) is 0.788. The third-order valence-corrected chi connectivity index (χ3v) is 3.74. The molecule has 5 nitrogen and oxygen atoms in total. The van der Waals surface area contributed by atoms with Gasteiger partial charge in [-0.25, -0.2) is 4.79 Å². The molecule has 0 radical (unpaired) electrons. The summed E-state index contributed by atoms with van der Waals surface area (Å²) in [5.74, 6) is 0.256. The van der Waals surface area contributed by atoms with Crippen LogP contribution in [0.4, 0.5) is 0 Å². The number of ether oxygens (including phenoxy) is 3. The summed E-state index contributed by atoms with van der Waals surface area (Å²) < 4.78 is 16.1. The van der Waals surface area contributed by atoms with Crippen LogP contribution in [-0.4, -0.2) is 31.6 Å². The molecule has 124 valence electrons. The van der Waals surface area contributed by atoms with E-state index in [0.717, 1.165) is 6.42 Å². The minimum atomic E-state index is -0.575. The number of hydrogen-bond acceptors (Lipinski definition) is 5. The Balaban J connectivity index is 1.63. The first kappa shape index (κ1) is 16.3. The Morgan fingerprint density at radius 2 is 1.62 bits per heavy atom. The van der Waals surface area contributed by atoms with E-state index in [1.54, 1.807) is 42.5 Å². The van der Waals surface area contributed by atoms with Gasteiger partial charge in [0.2, 0.25) is 0 Å². The number of carbonyl (C=O) groups is 2. The molecule has 2 aromatic carbocycles. The van der Waals surface area contributed by atoms with Gasteiger partial charge in [0.25, 0.3) is 0 Å². The number of halogens is 1. The molecule has 0 spiro atoms. The monoisotopic (exact) mass is 346 g/mol. The molecule has 0 N–H and O–H groups in total. The van der Waals surface area contributed by atoms with Gasteiger partial charge in [0.05, 0.1) is 18.8 Å². The summed E-state index contributed by atoms with van der Waals surface area (Å²) >= 11 is 5.77. The highest BCUT2D eigenvalue weighted by Crippen LogP contribution is 2.30. The van der Waals surface area contributed by atoms with E-state index in [1.807, 2.05) is 0 Å². The largest absolute Gasteiger partial charge is 0.490 e. The fraction of sp³-hybridized carbons (Fsp3) is 0.222. The fourth-order valence-electron chi connectivity index (χ4n) is 2.22. The van der Waals surface area contributed by atoms with Gasteiger partial charge in [0.15, 0.2) is 23.9 Å². The molecule has 1 heterocycles. The maximum atomic E-state index is 12.2. The summed E-state index contributed by atoms with van der Waals surface area (Å²) in [5, 5.41) is 0.523. The molecule has 0 unspecified atom stereocenters. The highest BCUT2D eigenvalue weighted by Gasteiger charge is 2.16. The summed E-state index contributed by atoms with van der Waals surface area (Å²) in [6, 6.07) is 11.2. The molecular weight excluding hydrogens is 332 g/mol. The highest BCUT2D eigenvalue weighted by atomic mass is 35.5. The molecule has 0 saturated carbocycles. The summed E-state index contributed by atoms with van der Waals surface area (Å²) in [6.45, 7) is 0.774. The number of hydrogen-bond donors (Lipinski definition) is 0. The van der Waals surface area contributed by atoms with Gasteiger partial charge in [-0.3, -0.25) is 4.79 Å². The SMILES string of the molecule is O=C(COC(=O)c1ccc(Cl)cc1)c1ccc2c(c1)OCCCO2. The lowest BCUT2D eigenvalue weighted by Gasteiger charge is -2.09. The van der Waals surface area contributed by atoms with E-state index in [2.05, 4.69) is 0 Å². The van der Waals surface area contributed by atoms with Crippen LogP contribution in [0.25, 0.3) is 0 Å². The molecule has 6 heteroatoms. The minimum absolute atomic E-state index is 0.312. The lowest BCUT2D eigenvalue weighted by atomic mass is 10.1. The van der Waals surface area contributed by atoms with E-state index in [0.29, 0.717) is 40.9 Å². The van der Waals surface area contributed by atoms with Crippen molar-refractivity contribution in [1.82, 2.24) is 0 Å². The van der Waals surface area contributed by atoms with Gasteiger partial charge >= 0.3 is 5.97 Å². The topological polar surface area (TPSA) is 61.8 Å². The van der Waals surface area contributed by atoms with Crippen molar-refractivity contribution in [3.8, 4) is 11.5 Å². The fourth-order valence-corrected chi connectivity index (χ4v) is 2.35. The molecule has 0 aromatic heterocycles. The first-order chi connectivity index (χ1) is 11.6. The van der Waals surface area contributed by atoms with E-state index >= 15 is 0 Å². The average molecular weight is 347 g/mol. The van der Waals surface area contributed by atoms with Gasteiger partial charge in [-0.1, -0.05) is 11.6 Å². The van der Waals surface area contributed by atoms with E-state index in [1.165, 1.54) is 0 Å². The molecule has 2 aromatic rings. The van der Waals surface area contributed by atoms with Crippen LogP contribution < -0.4 is 9.47 Å². The third-order valence-electron chi connectivity index (χ3n) is 3.48. The number of ketones is 1. The molecule has 0 bridgehead atoms. The lowest BCUT2D eigenvalue weighted by molar-refractivity contribution is 0.0474. The van der Waals surface area contributed by atoms with Gasteiger partial charge < -0.3 is 14.2 Å². The molecule has 1 aliphatic heterocycles. The van der Waals surface area contributed by atoms with Crippen molar-refractivity contribution in [3.05, 3.63) is 58.6 Å². The van der Waals surface area contributed by atoms with Crippen molar-refractivity contribution < 1.29 is 23.8 Å². The Hall–Kier alpha value is -2.53. The van der Waals surface area contributed by atoms with E-state index in [4.69, 9.17) is 25.8 Å². The number of Topliss-reactive ketones (excluding diaryl/α,β-unsaturated/α-hetero) is 1. The number of rotatable bonds is 4. The van der Waals surface area contributed by atoms with Crippen LogP contribution in [-0.2, 0) is 4.74 Å². The Morgan fingerprint density at radius 1 is 0.958 bits per heavy atom. The number of carbonyl (C=O) groups excluding carboxylic acids is 2. The normalized spacial score (nSPS) is 13.0. The van der Waals surface area contributed by atoms with E-state index < -0.39 is 5.97 Å². The predicted molar refractivity (Wildman–Crippen MR) is 88.1 cm³/mol. The van der Waals surface area contributed by atoms with Gasteiger partial charge in [-0.05, 0) is 42.5 Å². The second-order valence-electron chi connectivity index (χ2n) is 5.22. The Morgan fingerprint density at radius 3 is 2.38 bits per heavy atom. The van der Waals surface area contributed by atoms with Gasteiger partial charge in [-0.2, -0.15) is 0 Å². The highest BCUT2D eigenvalue weighted by molar-refractivity contribution is 6.30. The van der Waals surface area contributed by atoms with Gasteiger partial charge in [0, 0.05) is 17.0 Å². The van der Waals surface area contributed by atoms with Gasteiger partial charge in [-0.15, -0.1) is 0 Å². The van der Waals surface area contributed by atoms with E-state index in [-0.39, 0.29) is 12.4 Å². The zero-order valence-corrected chi connectivity index (χ0v) is 13.5. The molecule has 24 heavy (non-hydrogen) atoms. The molecule has 0 atom stereocenters. The van der Waals surface area contributed by atoms with Crippen molar-refractivity contribution in [2.75, 3.05) is 19.8 Å². The Kier molecular flexibility index (Phi) is 5.01. The Labute approximate surface area is 144 Å². The molecular formula is C18H15ClO5. The van der Waals surface area contributed by atoms with Gasteiger partial charge in [0.1, 0.15) is 0 Å². The summed E-state index contributed by atoms with van der Waals surface area (Å²) in [5.41, 5.74) is 0.744. The van der Waals surface area contributed by atoms with Crippen LogP contribution in [0.2, 0.25) is 5.02 Å². The molecule has 1 aliphatic rings. The maximum absolute atomic E-state index is 12.2. The third kappa shape index (κ3) is 3.86. The van der Waals surface area contributed by atoms with Crippen LogP contribution in [0.15, 0.2) is 42.5 Å². The minimum Gasteiger partial charge on any atom is -0.490 e. The van der Waals surface area contributed by atoms with Crippen LogP contribution in [0.5, 0.6) is 11.5 Å². The molecule has 0 saturated heterocycles. The molecule has 0 fully saturated rings. The standard InChI is InChI=1S/C18H15ClO5/c19-14-5-2-12(3-6-14)18(21)24-11-15(20)13-4-7-16-17(10-13)23-9-1-8-22-16/h2-7,10H,1,8-9,11H2. The van der Waals surface area contributed by atoms with Crippen LogP contribution >= 0.6 is 11.6 Å². The predicted octanol–water partition coefficient (Wildman–Crippen LogP) is 3.54. The zero-order valence-electron chi connectivity index (χ0n) is 12.8. The average Bonchev–Trinajstić information content (AvgIpc) is 2.84. The second kappa shape index (κ2) is 7.36. The smallest absolute Gasteiger partial charge is 0.338 e. The lowest BCUT2D eigenvalue weighted by Crippen LogP contribution is -2.14.